The molecular weight excluding hydrogens is 372 g/mol. The molecule has 2 aromatic rings. The number of urea groups is 1. The fourth-order valence-electron chi connectivity index (χ4n) is 2.53. The molecule has 1 aromatic heterocycles. The zero-order valence-corrected chi connectivity index (χ0v) is 16.8. The lowest BCUT2D eigenvalue weighted by atomic mass is 10.1. The van der Waals surface area contributed by atoms with E-state index in [0.717, 1.165) is 11.8 Å². The van der Waals surface area contributed by atoms with Crippen molar-refractivity contribution in [2.45, 2.75) is 26.0 Å². The van der Waals surface area contributed by atoms with Crippen LogP contribution in [0.1, 0.15) is 19.4 Å². The van der Waals surface area contributed by atoms with Gasteiger partial charge in [0.05, 0.1) is 16.9 Å². The summed E-state index contributed by atoms with van der Waals surface area (Å²) in [5, 5.41) is 25.8. The topological polar surface area (TPSA) is 145 Å². The number of hydrogen-bond acceptors (Lipinski definition) is 7. The molecule has 0 bridgehead atoms. The molecule has 9 heteroatoms. The Morgan fingerprint density at radius 1 is 1.38 bits per heavy atom. The monoisotopic (exact) mass is 400 g/mol. The standard InChI is InChI=1S/C20H28N6O3/c1-12(2)24-19-16(10-22)18(26-20(28)23-3)8-17(25-19)13-5-4-6-15(7-13)29-11-14(27)9-21/h4-8,10,12,14,22,27H,9,11,21H2,1-3H3,(H3,23,24,25,26,28). The number of amides is 2. The van der Waals surface area contributed by atoms with Gasteiger partial charge in [-0.3, -0.25) is 0 Å². The largest absolute Gasteiger partial charge is 0.491 e. The first kappa shape index (κ1) is 22.1. The van der Waals surface area contributed by atoms with Crippen LogP contribution >= 0.6 is 0 Å². The molecule has 1 atom stereocenters. The zero-order valence-electron chi connectivity index (χ0n) is 16.8. The molecule has 9 nitrogen and oxygen atoms in total. The molecule has 29 heavy (non-hydrogen) atoms. The maximum Gasteiger partial charge on any atom is 0.318 e. The minimum atomic E-state index is -0.742. The van der Waals surface area contributed by atoms with E-state index in [9.17, 15) is 9.90 Å². The molecule has 0 aliphatic heterocycles. The Morgan fingerprint density at radius 2 is 2.14 bits per heavy atom. The summed E-state index contributed by atoms with van der Waals surface area (Å²) in [5.74, 6) is 1.05. The quantitative estimate of drug-likeness (QED) is 0.355. The third-order valence-electron chi connectivity index (χ3n) is 3.95. The Bertz CT molecular complexity index is 856. The highest BCUT2D eigenvalue weighted by Gasteiger charge is 2.15. The smallest absolute Gasteiger partial charge is 0.318 e. The van der Waals surface area contributed by atoms with E-state index in [4.69, 9.17) is 15.9 Å². The average Bonchev–Trinajstić information content (AvgIpc) is 2.71. The lowest BCUT2D eigenvalue weighted by Gasteiger charge is -2.18. The highest BCUT2D eigenvalue weighted by molar-refractivity contribution is 6.00. The molecule has 0 fully saturated rings. The number of aromatic nitrogens is 1. The third kappa shape index (κ3) is 6.16. The zero-order chi connectivity index (χ0) is 21.4. The second kappa shape index (κ2) is 10.4. The predicted molar refractivity (Wildman–Crippen MR) is 115 cm³/mol. The van der Waals surface area contributed by atoms with E-state index in [1.54, 1.807) is 18.2 Å². The summed E-state index contributed by atoms with van der Waals surface area (Å²) >= 11 is 0. The van der Waals surface area contributed by atoms with E-state index in [0.29, 0.717) is 28.5 Å². The number of ether oxygens (including phenoxy) is 1. The molecule has 1 unspecified atom stereocenters. The van der Waals surface area contributed by atoms with Gasteiger partial charge in [-0.1, -0.05) is 12.1 Å². The van der Waals surface area contributed by atoms with Gasteiger partial charge in [0.1, 0.15) is 24.3 Å². The van der Waals surface area contributed by atoms with Crippen LogP contribution in [0.5, 0.6) is 5.75 Å². The second-order valence-corrected chi connectivity index (χ2v) is 6.69. The molecule has 7 N–H and O–H groups in total. The van der Waals surface area contributed by atoms with Crippen LogP contribution in [-0.2, 0) is 0 Å². The number of nitrogens with two attached hydrogens (primary N) is 1. The number of pyridine rings is 1. The fourth-order valence-corrected chi connectivity index (χ4v) is 2.53. The van der Waals surface area contributed by atoms with Gasteiger partial charge < -0.3 is 36.9 Å². The summed E-state index contributed by atoms with van der Waals surface area (Å²) in [6, 6.07) is 8.63. The van der Waals surface area contributed by atoms with E-state index < -0.39 is 12.1 Å². The normalized spacial score (nSPS) is 11.7. The summed E-state index contributed by atoms with van der Waals surface area (Å²) in [5.41, 5.74) is 7.69. The number of aliphatic hydroxyl groups excluding tert-OH is 1. The van der Waals surface area contributed by atoms with Gasteiger partial charge in [0.15, 0.2) is 0 Å². The molecule has 156 valence electrons. The van der Waals surface area contributed by atoms with Crippen molar-refractivity contribution in [2.75, 3.05) is 30.8 Å². The fraction of sp³-hybridized carbons (Fsp3) is 0.350. The highest BCUT2D eigenvalue weighted by atomic mass is 16.5. The van der Waals surface area contributed by atoms with Crippen LogP contribution in [-0.4, -0.2) is 54.7 Å². The summed E-state index contributed by atoms with van der Waals surface area (Å²) in [6.45, 7) is 4.13. The van der Waals surface area contributed by atoms with Gasteiger partial charge >= 0.3 is 6.03 Å². The first-order chi connectivity index (χ1) is 13.9. The van der Waals surface area contributed by atoms with Crippen molar-refractivity contribution >= 4 is 23.8 Å². The van der Waals surface area contributed by atoms with Gasteiger partial charge in [-0.25, -0.2) is 9.78 Å². The van der Waals surface area contributed by atoms with Crippen LogP contribution < -0.4 is 26.4 Å². The lowest BCUT2D eigenvalue weighted by Crippen LogP contribution is -2.26. The second-order valence-electron chi connectivity index (χ2n) is 6.69. The van der Waals surface area contributed by atoms with Crippen LogP contribution in [0.15, 0.2) is 30.3 Å². The third-order valence-corrected chi connectivity index (χ3v) is 3.95. The van der Waals surface area contributed by atoms with Crippen molar-refractivity contribution in [1.82, 2.24) is 10.3 Å². The van der Waals surface area contributed by atoms with E-state index in [2.05, 4.69) is 20.9 Å². The van der Waals surface area contributed by atoms with Gasteiger partial charge in [0, 0.05) is 31.4 Å². The van der Waals surface area contributed by atoms with Gasteiger partial charge in [-0.2, -0.15) is 0 Å². The number of nitrogens with one attached hydrogen (secondary N) is 4. The van der Waals surface area contributed by atoms with Crippen LogP contribution in [0.25, 0.3) is 11.3 Å². The van der Waals surface area contributed by atoms with Gasteiger partial charge in [0.25, 0.3) is 0 Å². The molecule has 0 saturated carbocycles. The first-order valence-corrected chi connectivity index (χ1v) is 9.30. The Labute approximate surface area is 170 Å². The van der Waals surface area contributed by atoms with Crippen molar-refractivity contribution in [2.24, 2.45) is 5.73 Å². The number of anilines is 2. The maximum atomic E-state index is 11.9. The van der Waals surface area contributed by atoms with Crippen LogP contribution in [0.2, 0.25) is 0 Å². The molecule has 2 amide bonds. The predicted octanol–water partition coefficient (Wildman–Crippen LogP) is 2.02. The number of aliphatic hydroxyl groups is 1. The molecule has 1 aromatic carbocycles. The van der Waals surface area contributed by atoms with Crippen molar-refractivity contribution in [3.63, 3.8) is 0 Å². The number of carbonyl (C=O) groups is 1. The van der Waals surface area contributed by atoms with Crippen LogP contribution in [0.4, 0.5) is 16.3 Å². The lowest BCUT2D eigenvalue weighted by molar-refractivity contribution is 0.114. The Hall–Kier alpha value is -3.17. The van der Waals surface area contributed by atoms with E-state index in [-0.39, 0.29) is 19.2 Å². The van der Waals surface area contributed by atoms with E-state index in [1.165, 1.54) is 7.05 Å². The van der Waals surface area contributed by atoms with Gasteiger partial charge in [0.2, 0.25) is 0 Å². The number of rotatable bonds is 9. The first-order valence-electron chi connectivity index (χ1n) is 9.30. The van der Waals surface area contributed by atoms with E-state index in [1.807, 2.05) is 26.0 Å². The molecule has 0 spiro atoms. The number of carbonyl (C=O) groups excluding carboxylic acids is 1. The summed E-state index contributed by atoms with van der Waals surface area (Å²) in [7, 11) is 1.52. The van der Waals surface area contributed by atoms with Crippen molar-refractivity contribution in [3.05, 3.63) is 35.9 Å². The SMILES string of the molecule is CNC(=O)Nc1cc(-c2cccc(OCC(O)CN)c2)nc(NC(C)C)c1C=N. The van der Waals surface area contributed by atoms with Crippen molar-refractivity contribution in [1.29, 1.82) is 5.41 Å². The van der Waals surface area contributed by atoms with Crippen molar-refractivity contribution in [3.8, 4) is 17.0 Å². The Balaban J connectivity index is 2.47. The van der Waals surface area contributed by atoms with E-state index >= 15 is 0 Å². The maximum absolute atomic E-state index is 11.9. The summed E-state index contributed by atoms with van der Waals surface area (Å²) < 4.78 is 5.58. The summed E-state index contributed by atoms with van der Waals surface area (Å²) in [6.07, 6.45) is 0.411. The number of nitrogens with zero attached hydrogens (tertiary/aromatic N) is 1. The molecule has 0 saturated heterocycles. The number of benzene rings is 1. The van der Waals surface area contributed by atoms with Gasteiger partial charge in [-0.05, 0) is 32.0 Å². The molecule has 0 aliphatic carbocycles. The van der Waals surface area contributed by atoms with Crippen molar-refractivity contribution < 1.29 is 14.6 Å². The van der Waals surface area contributed by atoms with Crippen LogP contribution in [0, 0.1) is 5.41 Å². The molecule has 1 heterocycles. The molecular formula is C20H28N6O3. The minimum absolute atomic E-state index is 0.0803. The minimum Gasteiger partial charge on any atom is -0.491 e. The molecule has 0 radical (unpaired) electrons. The Morgan fingerprint density at radius 3 is 2.76 bits per heavy atom. The highest BCUT2D eigenvalue weighted by Crippen LogP contribution is 2.30. The number of hydrogen-bond donors (Lipinski definition) is 6. The Kier molecular flexibility index (Phi) is 7.93. The molecule has 2 rings (SSSR count). The summed E-state index contributed by atoms with van der Waals surface area (Å²) in [4.78, 5) is 16.5. The van der Waals surface area contributed by atoms with Gasteiger partial charge in [-0.15, -0.1) is 0 Å². The molecule has 0 aliphatic rings. The average molecular weight is 400 g/mol. The van der Waals surface area contributed by atoms with Crippen LogP contribution in [0.3, 0.4) is 0 Å².